The molecule has 4 aromatic carbocycles. The van der Waals surface area contributed by atoms with Gasteiger partial charge in [-0.2, -0.15) is 4.57 Å². The summed E-state index contributed by atoms with van der Waals surface area (Å²) in [5, 5.41) is 2.50. The summed E-state index contributed by atoms with van der Waals surface area (Å²) in [5.41, 5.74) is 3.15. The van der Waals surface area contributed by atoms with Crippen LogP contribution in [0.15, 0.2) is 109 Å². The average Bonchev–Trinajstić information content (AvgIpc) is 3.24. The molecule has 0 radical (unpaired) electrons. The van der Waals surface area contributed by atoms with Crippen molar-refractivity contribution in [2.24, 2.45) is 0 Å². The zero-order valence-electron chi connectivity index (χ0n) is 16.6. The van der Waals surface area contributed by atoms with Crippen LogP contribution in [0.2, 0.25) is 0 Å². The van der Waals surface area contributed by atoms with Crippen LogP contribution in [-0.4, -0.2) is 9.97 Å². The van der Waals surface area contributed by atoms with E-state index in [0.717, 1.165) is 28.5 Å². The quantitative estimate of drug-likeness (QED) is 0.310. The summed E-state index contributed by atoms with van der Waals surface area (Å²) in [5.74, 6) is 1.59. The smallest absolute Gasteiger partial charge is 0.198 e. The summed E-state index contributed by atoms with van der Waals surface area (Å²) in [6.45, 7) is 0. The first-order valence-electron chi connectivity index (χ1n) is 10.2. The minimum Gasteiger partial charge on any atom is -0.198 e. The van der Waals surface area contributed by atoms with Gasteiger partial charge in [-0.05, 0) is 42.5 Å². The van der Waals surface area contributed by atoms with Crippen molar-refractivity contribution in [3.63, 3.8) is 0 Å². The number of hydrogen-bond donors (Lipinski definition) is 0. The molecule has 4 heteroatoms. The lowest BCUT2D eigenvalue weighted by Crippen LogP contribution is -2.35. The van der Waals surface area contributed by atoms with Gasteiger partial charge in [0.15, 0.2) is 0 Å². The Bertz CT molecular complexity index is 1520. The van der Waals surface area contributed by atoms with E-state index < -0.39 is 0 Å². The van der Waals surface area contributed by atoms with Gasteiger partial charge < -0.3 is 0 Å². The second-order valence-electron chi connectivity index (χ2n) is 7.35. The van der Waals surface area contributed by atoms with Gasteiger partial charge in [0.2, 0.25) is 6.33 Å². The maximum Gasteiger partial charge on any atom is 0.307 e. The van der Waals surface area contributed by atoms with E-state index in [4.69, 9.17) is 9.97 Å². The predicted octanol–water partition coefficient (Wildman–Crippen LogP) is 6.46. The highest BCUT2D eigenvalue weighted by molar-refractivity contribution is 7.25. The zero-order chi connectivity index (χ0) is 20.6. The lowest BCUT2D eigenvalue weighted by molar-refractivity contribution is -0.588. The van der Waals surface area contributed by atoms with Gasteiger partial charge in [0, 0.05) is 20.2 Å². The number of hydrogen-bond acceptors (Lipinski definition) is 3. The van der Waals surface area contributed by atoms with E-state index in [1.807, 2.05) is 66.2 Å². The Balaban J connectivity index is 1.66. The molecule has 0 aliphatic rings. The molecule has 0 bridgehead atoms. The highest BCUT2D eigenvalue weighted by Crippen LogP contribution is 2.36. The Morgan fingerprint density at radius 2 is 1.29 bits per heavy atom. The molecule has 2 aromatic heterocycles. The van der Waals surface area contributed by atoms with Crippen molar-refractivity contribution in [2.45, 2.75) is 0 Å². The summed E-state index contributed by atoms with van der Waals surface area (Å²) in [6.07, 6.45) is 1.90. The van der Waals surface area contributed by atoms with Gasteiger partial charge in [0.25, 0.3) is 5.82 Å². The number of rotatable bonds is 3. The first-order valence-corrected chi connectivity index (χ1v) is 11.0. The van der Waals surface area contributed by atoms with Crippen LogP contribution in [0.1, 0.15) is 0 Å². The van der Waals surface area contributed by atoms with Gasteiger partial charge in [0.05, 0.1) is 11.1 Å². The van der Waals surface area contributed by atoms with E-state index in [9.17, 15) is 0 Å². The fourth-order valence-electron chi connectivity index (χ4n) is 4.00. The van der Waals surface area contributed by atoms with Gasteiger partial charge >= 0.3 is 5.82 Å². The standard InChI is InChI=1S/C27H18N3S/c1-3-10-19(11-4-1)26-28-18-30(27(29-26)20-12-5-2-6-13-20)22-15-9-17-24-25(22)21-14-7-8-16-23(21)31-24/h1-18H/q+1. The van der Waals surface area contributed by atoms with E-state index in [-0.39, 0.29) is 0 Å². The Kier molecular flexibility index (Phi) is 4.29. The highest BCUT2D eigenvalue weighted by Gasteiger charge is 2.22. The predicted molar refractivity (Wildman–Crippen MR) is 127 cm³/mol. The van der Waals surface area contributed by atoms with Crippen LogP contribution in [0.4, 0.5) is 0 Å². The summed E-state index contributed by atoms with van der Waals surface area (Å²) >= 11 is 1.82. The third kappa shape index (κ3) is 3.09. The lowest BCUT2D eigenvalue weighted by atomic mass is 10.1. The Labute approximate surface area is 183 Å². The molecule has 3 nitrogen and oxygen atoms in total. The van der Waals surface area contributed by atoms with Gasteiger partial charge in [-0.25, -0.2) is 0 Å². The van der Waals surface area contributed by atoms with Crippen molar-refractivity contribution in [1.82, 2.24) is 9.97 Å². The number of fused-ring (bicyclic) bond motifs is 3. The van der Waals surface area contributed by atoms with Crippen molar-refractivity contribution < 1.29 is 4.57 Å². The topological polar surface area (TPSA) is 29.7 Å². The minimum absolute atomic E-state index is 0.720. The largest absolute Gasteiger partial charge is 0.307 e. The number of benzene rings is 4. The lowest BCUT2D eigenvalue weighted by Gasteiger charge is -2.08. The van der Waals surface area contributed by atoms with E-state index in [2.05, 4.69) is 59.2 Å². The molecule has 0 saturated carbocycles. The highest BCUT2D eigenvalue weighted by atomic mass is 32.1. The minimum atomic E-state index is 0.720. The molecule has 6 aromatic rings. The molecular formula is C27H18N3S+. The molecule has 0 aliphatic heterocycles. The summed E-state index contributed by atoms with van der Waals surface area (Å²) in [6, 6.07) is 35.5. The average molecular weight is 417 g/mol. The third-order valence-corrected chi connectivity index (χ3v) is 6.58. The SMILES string of the molecule is c1ccc(-c2nc[n+](-c3cccc4sc5ccccc5c34)c(-c3ccccc3)n2)cc1. The van der Waals surface area contributed by atoms with Crippen LogP contribution >= 0.6 is 11.3 Å². The molecule has 2 heterocycles. The van der Waals surface area contributed by atoms with Crippen LogP contribution in [0.5, 0.6) is 0 Å². The first kappa shape index (κ1) is 17.9. The van der Waals surface area contributed by atoms with E-state index in [1.165, 1.54) is 20.2 Å². The Morgan fingerprint density at radius 3 is 2.10 bits per heavy atom. The second-order valence-corrected chi connectivity index (χ2v) is 8.44. The van der Waals surface area contributed by atoms with Crippen molar-refractivity contribution in [2.75, 3.05) is 0 Å². The molecule has 0 unspecified atom stereocenters. The van der Waals surface area contributed by atoms with Gasteiger partial charge in [-0.15, -0.1) is 11.3 Å². The van der Waals surface area contributed by atoms with Crippen LogP contribution in [0.25, 0.3) is 48.6 Å². The molecular weight excluding hydrogens is 398 g/mol. The molecule has 146 valence electrons. The van der Waals surface area contributed by atoms with E-state index >= 15 is 0 Å². The summed E-state index contributed by atoms with van der Waals surface area (Å²) < 4.78 is 4.66. The Morgan fingerprint density at radius 1 is 0.613 bits per heavy atom. The maximum absolute atomic E-state index is 5.02. The van der Waals surface area contributed by atoms with E-state index in [0.29, 0.717) is 0 Å². The molecule has 0 fully saturated rings. The van der Waals surface area contributed by atoms with Crippen molar-refractivity contribution >= 4 is 31.5 Å². The first-order chi connectivity index (χ1) is 15.4. The summed E-state index contributed by atoms with van der Waals surface area (Å²) in [7, 11) is 0. The molecule has 0 N–H and O–H groups in total. The van der Waals surface area contributed by atoms with Gasteiger partial charge in [-0.1, -0.05) is 70.6 Å². The molecule has 6 rings (SSSR count). The van der Waals surface area contributed by atoms with Crippen LogP contribution in [0, 0.1) is 0 Å². The molecule has 0 spiro atoms. The van der Waals surface area contributed by atoms with Crippen LogP contribution in [0.3, 0.4) is 0 Å². The number of thiophene rings is 1. The summed E-state index contributed by atoms with van der Waals surface area (Å²) in [4.78, 5) is 9.75. The van der Waals surface area contributed by atoms with Crippen molar-refractivity contribution in [3.8, 4) is 28.5 Å². The molecule has 0 amide bonds. The van der Waals surface area contributed by atoms with E-state index in [1.54, 1.807) is 0 Å². The van der Waals surface area contributed by atoms with Crippen molar-refractivity contribution in [1.29, 1.82) is 0 Å². The van der Waals surface area contributed by atoms with Crippen LogP contribution in [-0.2, 0) is 0 Å². The number of nitrogens with zero attached hydrogens (tertiary/aromatic N) is 3. The van der Waals surface area contributed by atoms with Crippen molar-refractivity contribution in [3.05, 3.63) is 109 Å². The molecule has 31 heavy (non-hydrogen) atoms. The van der Waals surface area contributed by atoms with Gasteiger partial charge in [0.1, 0.15) is 5.69 Å². The zero-order valence-corrected chi connectivity index (χ0v) is 17.5. The monoisotopic (exact) mass is 416 g/mol. The molecule has 0 atom stereocenters. The fourth-order valence-corrected chi connectivity index (χ4v) is 5.13. The number of aromatic nitrogens is 3. The normalized spacial score (nSPS) is 11.2. The van der Waals surface area contributed by atoms with Gasteiger partial charge in [-0.3, -0.25) is 0 Å². The maximum atomic E-state index is 5.02. The molecule has 0 aliphatic carbocycles. The molecule has 0 saturated heterocycles. The Hall–Kier alpha value is -3.89. The second kappa shape index (κ2) is 7.42. The van der Waals surface area contributed by atoms with Crippen LogP contribution < -0.4 is 4.57 Å². The third-order valence-electron chi connectivity index (χ3n) is 5.44. The fraction of sp³-hybridized carbons (Fsp3) is 0.